The number of carbonyl (C=O) groups is 2. The number of hydrazine groups is 1. The summed E-state index contributed by atoms with van der Waals surface area (Å²) in [7, 11) is 1.32. The third-order valence-corrected chi connectivity index (χ3v) is 5.65. The highest BCUT2D eigenvalue weighted by Crippen LogP contribution is 2.40. The van der Waals surface area contributed by atoms with Gasteiger partial charge in [0, 0.05) is 36.8 Å². The van der Waals surface area contributed by atoms with Crippen molar-refractivity contribution in [1.29, 1.82) is 0 Å². The number of terminal acetylenes is 1. The number of hydrogen-bond donors (Lipinski definition) is 2. The summed E-state index contributed by atoms with van der Waals surface area (Å²) in [5.41, 5.74) is 8.38. The number of carbonyl (C=O) groups excluding carboxylic acids is 2. The number of benzene rings is 1. The topological polar surface area (TPSA) is 139 Å². The van der Waals surface area contributed by atoms with Crippen molar-refractivity contribution in [2.45, 2.75) is 33.7 Å². The molecule has 39 heavy (non-hydrogen) atoms. The molecule has 0 saturated carbocycles. The van der Waals surface area contributed by atoms with E-state index >= 15 is 0 Å². The molecule has 2 atom stereocenters. The lowest BCUT2D eigenvalue weighted by molar-refractivity contribution is -0.116. The normalized spacial score (nSPS) is 16.4. The van der Waals surface area contributed by atoms with E-state index in [0.29, 0.717) is 63.1 Å². The molecule has 0 saturated heterocycles. The second kappa shape index (κ2) is 19.0. The maximum absolute atomic E-state index is 12.2. The first kappa shape index (κ1) is 33.9. The van der Waals surface area contributed by atoms with Gasteiger partial charge >= 0.3 is 5.97 Å². The first-order valence-electron chi connectivity index (χ1n) is 13.0. The van der Waals surface area contributed by atoms with Gasteiger partial charge in [-0.05, 0) is 18.2 Å². The molecule has 0 aromatic heterocycles. The van der Waals surface area contributed by atoms with Crippen LogP contribution in [0.4, 0.5) is 5.69 Å². The van der Waals surface area contributed by atoms with Crippen LogP contribution in [0.3, 0.4) is 0 Å². The predicted octanol–water partition coefficient (Wildman–Crippen LogP) is 2.22. The molecule has 1 unspecified atom stereocenters. The summed E-state index contributed by atoms with van der Waals surface area (Å²) in [4.78, 5) is 26.0. The molecule has 1 aliphatic rings. The SMILES string of the molecule is C#CCOCCOCCOCCOC/C(N)=C/N(N)C1c2cc(C(=O)OC)ccc2N(C(C)=O)C[C@H]1C.CC. The Labute approximate surface area is 232 Å². The molecule has 11 nitrogen and oxygen atoms in total. The molecule has 1 amide bonds. The molecule has 1 aromatic rings. The van der Waals surface area contributed by atoms with Gasteiger partial charge in [0.05, 0.1) is 70.7 Å². The highest BCUT2D eigenvalue weighted by molar-refractivity contribution is 5.95. The summed E-state index contributed by atoms with van der Waals surface area (Å²) >= 11 is 0. The number of esters is 1. The number of fused-ring (bicyclic) bond motifs is 1. The van der Waals surface area contributed by atoms with E-state index in [1.807, 2.05) is 20.8 Å². The quantitative estimate of drug-likeness (QED) is 0.110. The fraction of sp³-hybridized carbons (Fsp3) is 0.571. The van der Waals surface area contributed by atoms with Gasteiger partial charge in [0.25, 0.3) is 0 Å². The zero-order valence-electron chi connectivity index (χ0n) is 23.8. The van der Waals surface area contributed by atoms with Crippen molar-refractivity contribution in [2.75, 3.05) is 71.4 Å². The van der Waals surface area contributed by atoms with E-state index < -0.39 is 5.97 Å². The molecular weight excluding hydrogens is 504 g/mol. The van der Waals surface area contributed by atoms with Crippen molar-refractivity contribution in [3.63, 3.8) is 0 Å². The van der Waals surface area contributed by atoms with E-state index in [1.165, 1.54) is 19.0 Å². The number of anilines is 1. The fourth-order valence-corrected chi connectivity index (χ4v) is 4.02. The van der Waals surface area contributed by atoms with Crippen LogP contribution in [0.2, 0.25) is 0 Å². The van der Waals surface area contributed by atoms with Gasteiger partial charge in [-0.15, -0.1) is 6.42 Å². The molecule has 2 rings (SSSR count). The largest absolute Gasteiger partial charge is 0.465 e. The lowest BCUT2D eigenvalue weighted by Crippen LogP contribution is -2.46. The van der Waals surface area contributed by atoms with Gasteiger partial charge in [-0.3, -0.25) is 4.79 Å². The van der Waals surface area contributed by atoms with Gasteiger partial charge in [0.2, 0.25) is 5.91 Å². The summed E-state index contributed by atoms with van der Waals surface area (Å²) in [5.74, 6) is 8.20. The molecule has 1 aromatic carbocycles. The molecule has 1 aliphatic heterocycles. The Kier molecular flexibility index (Phi) is 16.5. The lowest BCUT2D eigenvalue weighted by Gasteiger charge is -2.42. The zero-order chi connectivity index (χ0) is 29.2. The molecular formula is C28H44N4O7. The van der Waals surface area contributed by atoms with Gasteiger partial charge in [-0.2, -0.15) is 0 Å². The number of rotatable bonds is 15. The highest BCUT2D eigenvalue weighted by Gasteiger charge is 2.35. The Bertz CT molecular complexity index is 964. The first-order chi connectivity index (χ1) is 18.8. The third-order valence-electron chi connectivity index (χ3n) is 5.65. The monoisotopic (exact) mass is 548 g/mol. The lowest BCUT2D eigenvalue weighted by atomic mass is 9.86. The Morgan fingerprint density at radius 1 is 1.10 bits per heavy atom. The molecule has 4 N–H and O–H groups in total. The predicted molar refractivity (Wildman–Crippen MR) is 149 cm³/mol. The summed E-state index contributed by atoms with van der Waals surface area (Å²) < 4.78 is 26.3. The molecule has 0 aliphatic carbocycles. The highest BCUT2D eigenvalue weighted by atomic mass is 16.6. The van der Waals surface area contributed by atoms with E-state index in [0.717, 1.165) is 5.56 Å². The Morgan fingerprint density at radius 2 is 1.69 bits per heavy atom. The molecule has 11 heteroatoms. The molecule has 0 bridgehead atoms. The minimum Gasteiger partial charge on any atom is -0.465 e. The molecule has 218 valence electrons. The third kappa shape index (κ3) is 11.2. The van der Waals surface area contributed by atoms with Gasteiger partial charge < -0.3 is 39.3 Å². The van der Waals surface area contributed by atoms with E-state index in [9.17, 15) is 9.59 Å². The van der Waals surface area contributed by atoms with E-state index in [2.05, 4.69) is 5.92 Å². The van der Waals surface area contributed by atoms with Crippen LogP contribution in [-0.4, -0.2) is 83.4 Å². The maximum Gasteiger partial charge on any atom is 0.337 e. The van der Waals surface area contributed by atoms with Crippen molar-refractivity contribution in [2.24, 2.45) is 17.5 Å². The summed E-state index contributed by atoms with van der Waals surface area (Å²) in [5, 5.41) is 1.50. The molecule has 1 heterocycles. The smallest absolute Gasteiger partial charge is 0.337 e. The average molecular weight is 549 g/mol. The Balaban J connectivity index is 0.00000371. The molecule has 0 fully saturated rings. The van der Waals surface area contributed by atoms with Gasteiger partial charge in [-0.1, -0.05) is 26.7 Å². The van der Waals surface area contributed by atoms with Crippen LogP contribution in [0, 0.1) is 18.3 Å². The molecule has 0 spiro atoms. The van der Waals surface area contributed by atoms with E-state index in [4.69, 9.17) is 41.7 Å². The molecule has 0 radical (unpaired) electrons. The van der Waals surface area contributed by atoms with Crippen LogP contribution < -0.4 is 16.5 Å². The van der Waals surface area contributed by atoms with Crippen molar-refractivity contribution < 1.29 is 33.3 Å². The van der Waals surface area contributed by atoms with E-state index in [1.54, 1.807) is 29.3 Å². The van der Waals surface area contributed by atoms with Crippen molar-refractivity contribution >= 4 is 17.6 Å². The number of nitrogens with zero attached hydrogens (tertiary/aromatic N) is 2. The summed E-state index contributed by atoms with van der Waals surface area (Å²) in [6.45, 7) is 10.9. The van der Waals surface area contributed by atoms with Crippen LogP contribution >= 0.6 is 0 Å². The average Bonchev–Trinajstić information content (AvgIpc) is 2.93. The minimum atomic E-state index is -0.468. The fourth-order valence-electron chi connectivity index (χ4n) is 4.02. The Hall–Kier alpha value is -3.14. The summed E-state index contributed by atoms with van der Waals surface area (Å²) in [6, 6.07) is 4.76. The summed E-state index contributed by atoms with van der Waals surface area (Å²) in [6.07, 6.45) is 6.69. The van der Waals surface area contributed by atoms with Gasteiger partial charge in [-0.25, -0.2) is 10.6 Å². The van der Waals surface area contributed by atoms with E-state index in [-0.39, 0.29) is 31.1 Å². The van der Waals surface area contributed by atoms with Crippen molar-refractivity contribution in [3.8, 4) is 12.3 Å². The van der Waals surface area contributed by atoms with Gasteiger partial charge in [0.1, 0.15) is 6.61 Å². The second-order valence-corrected chi connectivity index (χ2v) is 8.50. The second-order valence-electron chi connectivity index (χ2n) is 8.50. The van der Waals surface area contributed by atoms with Crippen LogP contribution in [0.5, 0.6) is 0 Å². The standard InChI is InChI=1S/C26H38N4O7.C2H6/c1-5-8-34-9-10-35-11-12-36-13-14-37-18-22(27)17-30(28)25-19(2)16-29(20(3)31)24-7-6-21(15-23(24)25)26(32)33-4;1-2/h1,6-7,15,17,19,25H,8-14,16,18,27-28H2,2-4H3;1-2H3/b22-17-;/t19-,25?;/m1./s1. The van der Waals surface area contributed by atoms with Gasteiger partial charge in [0.15, 0.2) is 0 Å². The van der Waals surface area contributed by atoms with Crippen LogP contribution in [0.25, 0.3) is 0 Å². The number of amides is 1. The van der Waals surface area contributed by atoms with Crippen LogP contribution in [0.15, 0.2) is 30.1 Å². The minimum absolute atomic E-state index is 0.0428. The number of hydrogen-bond acceptors (Lipinski definition) is 10. The zero-order valence-corrected chi connectivity index (χ0v) is 23.8. The van der Waals surface area contributed by atoms with Crippen molar-refractivity contribution in [3.05, 3.63) is 41.2 Å². The first-order valence-corrected chi connectivity index (χ1v) is 13.0. The number of ether oxygens (including phenoxy) is 5. The van der Waals surface area contributed by atoms with Crippen LogP contribution in [0.1, 0.15) is 49.7 Å². The van der Waals surface area contributed by atoms with Crippen LogP contribution in [-0.2, 0) is 28.5 Å². The number of nitrogens with two attached hydrogens (primary N) is 2. The maximum atomic E-state index is 12.2. The Morgan fingerprint density at radius 3 is 2.26 bits per heavy atom. The number of methoxy groups -OCH3 is 1. The van der Waals surface area contributed by atoms with Crippen molar-refractivity contribution in [1.82, 2.24) is 5.01 Å².